The molecule has 0 aromatic heterocycles. The molecule has 1 aliphatic rings. The fraction of sp³-hybridized carbons (Fsp3) is 0.375. The van der Waals surface area contributed by atoms with Crippen LogP contribution in [0.25, 0.3) is 0 Å². The maximum Gasteiger partial charge on any atom is 0.410 e. The Morgan fingerprint density at radius 2 is 1.70 bits per heavy atom. The number of carbonyl (C=O) groups is 3. The summed E-state index contributed by atoms with van der Waals surface area (Å²) in [4.78, 5) is 43.9. The van der Waals surface area contributed by atoms with E-state index in [1.807, 2.05) is 30.3 Å². The molecule has 2 aromatic carbocycles. The summed E-state index contributed by atoms with van der Waals surface area (Å²) in [6.45, 7) is 2.24. The third-order valence-corrected chi connectivity index (χ3v) is 5.46. The average molecular weight is 456 g/mol. The Balaban J connectivity index is 1.54. The monoisotopic (exact) mass is 455 g/mol. The molecular formula is C24H29N3O6. The number of carbonyl (C=O) groups excluding carboxylic acids is 2. The Hall–Kier alpha value is -3.59. The number of aliphatic carboxylic acids is 1. The highest BCUT2D eigenvalue weighted by Gasteiger charge is 2.33. The first kappa shape index (κ1) is 24.1. The third-order valence-electron chi connectivity index (χ3n) is 5.46. The first-order valence-corrected chi connectivity index (χ1v) is 10.8. The minimum absolute atomic E-state index is 0.0832. The van der Waals surface area contributed by atoms with Crippen LogP contribution >= 0.6 is 0 Å². The standard InChI is InChI=1S/C24H29N3O6/c1-17(28)27(22(23(29)30)15-18-7-9-20(25)10-8-18)33-21-11-13-26(14-12-21)24(31)32-16-19-5-3-2-4-6-19/h2-10,21-22H,11-16,25H2,1H3,(H,29,30)/t22-/m0/s1. The molecule has 1 atom stereocenters. The van der Waals surface area contributed by atoms with Crippen molar-refractivity contribution in [2.75, 3.05) is 18.8 Å². The number of piperidine rings is 1. The van der Waals surface area contributed by atoms with Crippen LogP contribution in [0.5, 0.6) is 0 Å². The fourth-order valence-corrected chi connectivity index (χ4v) is 3.63. The van der Waals surface area contributed by atoms with E-state index >= 15 is 0 Å². The zero-order valence-electron chi connectivity index (χ0n) is 18.6. The number of hydrogen-bond acceptors (Lipinski definition) is 6. The summed E-state index contributed by atoms with van der Waals surface area (Å²) in [5, 5.41) is 10.7. The van der Waals surface area contributed by atoms with E-state index < -0.39 is 24.0 Å². The Morgan fingerprint density at radius 3 is 2.27 bits per heavy atom. The Morgan fingerprint density at radius 1 is 1.06 bits per heavy atom. The van der Waals surface area contributed by atoms with Gasteiger partial charge in [0.25, 0.3) is 0 Å². The van der Waals surface area contributed by atoms with Gasteiger partial charge in [-0.2, -0.15) is 0 Å². The van der Waals surface area contributed by atoms with Crippen LogP contribution in [0.4, 0.5) is 10.5 Å². The van der Waals surface area contributed by atoms with Crippen molar-refractivity contribution in [1.29, 1.82) is 0 Å². The van der Waals surface area contributed by atoms with Crippen molar-refractivity contribution in [3.63, 3.8) is 0 Å². The van der Waals surface area contributed by atoms with Crippen LogP contribution < -0.4 is 5.73 Å². The quantitative estimate of drug-likeness (QED) is 0.463. The molecule has 1 aliphatic heterocycles. The highest BCUT2D eigenvalue weighted by molar-refractivity contribution is 5.81. The summed E-state index contributed by atoms with van der Waals surface area (Å²) >= 11 is 0. The van der Waals surface area contributed by atoms with Crippen molar-refractivity contribution in [3.05, 3.63) is 65.7 Å². The van der Waals surface area contributed by atoms with E-state index in [0.717, 1.165) is 16.2 Å². The molecule has 3 rings (SSSR count). The first-order valence-electron chi connectivity index (χ1n) is 10.8. The SMILES string of the molecule is CC(=O)N(OC1CCN(C(=O)OCc2ccccc2)CC1)[C@@H](Cc1ccc(N)cc1)C(=O)O. The van der Waals surface area contributed by atoms with Crippen LogP contribution in [-0.2, 0) is 32.2 Å². The second-order valence-electron chi connectivity index (χ2n) is 7.98. The second kappa shape index (κ2) is 11.3. The minimum atomic E-state index is -1.18. The number of nitrogens with zero attached hydrogens (tertiary/aromatic N) is 2. The summed E-state index contributed by atoms with van der Waals surface area (Å²) < 4.78 is 5.36. The molecule has 176 valence electrons. The Bertz CT molecular complexity index is 942. The van der Waals surface area contributed by atoms with Gasteiger partial charge in [0, 0.05) is 32.1 Å². The Labute approximate surface area is 192 Å². The number of nitrogens with two attached hydrogens (primary N) is 1. The molecule has 2 amide bonds. The van der Waals surface area contributed by atoms with Crippen molar-refractivity contribution in [2.45, 2.75) is 44.9 Å². The van der Waals surface area contributed by atoms with E-state index in [2.05, 4.69) is 0 Å². The molecule has 33 heavy (non-hydrogen) atoms. The largest absolute Gasteiger partial charge is 0.480 e. The van der Waals surface area contributed by atoms with Crippen LogP contribution in [0, 0.1) is 0 Å². The zero-order valence-corrected chi connectivity index (χ0v) is 18.6. The van der Waals surface area contributed by atoms with Gasteiger partial charge >= 0.3 is 12.1 Å². The molecule has 9 nitrogen and oxygen atoms in total. The van der Waals surface area contributed by atoms with Gasteiger partial charge in [-0.3, -0.25) is 9.63 Å². The molecule has 0 radical (unpaired) electrons. The van der Waals surface area contributed by atoms with E-state index in [0.29, 0.717) is 31.6 Å². The highest BCUT2D eigenvalue weighted by Crippen LogP contribution is 2.20. The van der Waals surface area contributed by atoms with Crippen LogP contribution in [0.3, 0.4) is 0 Å². The first-order chi connectivity index (χ1) is 15.8. The van der Waals surface area contributed by atoms with Crippen molar-refractivity contribution < 1.29 is 29.1 Å². The molecule has 9 heteroatoms. The van der Waals surface area contributed by atoms with Crippen LogP contribution in [0.15, 0.2) is 54.6 Å². The molecule has 1 heterocycles. The predicted molar refractivity (Wildman–Crippen MR) is 121 cm³/mol. The molecule has 0 spiro atoms. The number of hydroxylamine groups is 2. The van der Waals surface area contributed by atoms with Crippen molar-refractivity contribution >= 4 is 23.7 Å². The molecule has 2 aromatic rings. The number of nitrogen functional groups attached to an aromatic ring is 1. The van der Waals surface area contributed by atoms with E-state index in [1.165, 1.54) is 6.92 Å². The second-order valence-corrected chi connectivity index (χ2v) is 7.98. The van der Waals surface area contributed by atoms with Gasteiger partial charge < -0.3 is 20.5 Å². The lowest BCUT2D eigenvalue weighted by molar-refractivity contribution is -0.228. The van der Waals surface area contributed by atoms with Gasteiger partial charge in [0.1, 0.15) is 6.61 Å². The van der Waals surface area contributed by atoms with Gasteiger partial charge in [-0.15, -0.1) is 0 Å². The third kappa shape index (κ3) is 6.95. The molecule has 0 bridgehead atoms. The van der Waals surface area contributed by atoms with Crippen molar-refractivity contribution in [3.8, 4) is 0 Å². The van der Waals surface area contributed by atoms with Gasteiger partial charge in [-0.05, 0) is 36.1 Å². The van der Waals surface area contributed by atoms with Gasteiger partial charge in [0.05, 0.1) is 6.10 Å². The fourth-order valence-electron chi connectivity index (χ4n) is 3.63. The van der Waals surface area contributed by atoms with E-state index in [9.17, 15) is 19.5 Å². The van der Waals surface area contributed by atoms with Crippen LogP contribution in [0.1, 0.15) is 30.9 Å². The maximum atomic E-state index is 12.3. The topological polar surface area (TPSA) is 122 Å². The van der Waals surface area contributed by atoms with Gasteiger partial charge in [0.15, 0.2) is 6.04 Å². The molecule has 0 aliphatic carbocycles. The van der Waals surface area contributed by atoms with Gasteiger partial charge in [-0.1, -0.05) is 42.5 Å². The number of ether oxygens (including phenoxy) is 1. The number of carboxylic acid groups (broad SMARTS) is 1. The molecule has 0 saturated carbocycles. The smallest absolute Gasteiger partial charge is 0.410 e. The number of likely N-dealkylation sites (tertiary alicyclic amines) is 1. The Kier molecular flexibility index (Phi) is 8.26. The summed E-state index contributed by atoms with van der Waals surface area (Å²) in [5.41, 5.74) is 7.89. The molecule has 3 N–H and O–H groups in total. The summed E-state index contributed by atoms with van der Waals surface area (Å²) in [5.74, 6) is -1.66. The van der Waals surface area contributed by atoms with Crippen molar-refractivity contribution in [2.24, 2.45) is 0 Å². The number of rotatable bonds is 8. The van der Waals surface area contributed by atoms with Gasteiger partial charge in [0.2, 0.25) is 5.91 Å². The van der Waals surface area contributed by atoms with Gasteiger partial charge in [-0.25, -0.2) is 14.7 Å². The molecular weight excluding hydrogens is 426 g/mol. The highest BCUT2D eigenvalue weighted by atomic mass is 16.7. The van der Waals surface area contributed by atoms with Crippen LogP contribution in [0.2, 0.25) is 0 Å². The summed E-state index contributed by atoms with van der Waals surface area (Å²) in [6, 6.07) is 15.0. The number of benzene rings is 2. The zero-order chi connectivity index (χ0) is 23.8. The van der Waals surface area contributed by atoms with E-state index in [4.69, 9.17) is 15.3 Å². The molecule has 0 unspecified atom stereocenters. The number of amides is 2. The summed E-state index contributed by atoms with van der Waals surface area (Å²) in [6.07, 6.45) is 0.198. The number of carboxylic acids is 1. The van der Waals surface area contributed by atoms with Crippen LogP contribution in [-0.4, -0.2) is 58.3 Å². The predicted octanol–water partition coefficient (Wildman–Crippen LogP) is 2.85. The minimum Gasteiger partial charge on any atom is -0.480 e. The number of hydrogen-bond donors (Lipinski definition) is 2. The lowest BCUT2D eigenvalue weighted by Crippen LogP contribution is -2.49. The van der Waals surface area contributed by atoms with E-state index in [1.54, 1.807) is 29.2 Å². The normalized spacial score (nSPS) is 15.0. The van der Waals surface area contributed by atoms with Crippen molar-refractivity contribution in [1.82, 2.24) is 9.96 Å². The lowest BCUT2D eigenvalue weighted by atomic mass is 10.1. The van der Waals surface area contributed by atoms with E-state index in [-0.39, 0.29) is 19.1 Å². The maximum absolute atomic E-state index is 12.3. The lowest BCUT2D eigenvalue weighted by Gasteiger charge is -2.35. The molecule has 1 fully saturated rings. The number of anilines is 1. The average Bonchev–Trinajstić information content (AvgIpc) is 2.81. The summed E-state index contributed by atoms with van der Waals surface area (Å²) in [7, 11) is 0. The molecule has 1 saturated heterocycles.